The van der Waals surface area contributed by atoms with Crippen molar-refractivity contribution in [3.63, 3.8) is 0 Å². The van der Waals surface area contributed by atoms with Gasteiger partial charge in [0.2, 0.25) is 0 Å². The fourth-order valence-corrected chi connectivity index (χ4v) is 2.43. The average Bonchev–Trinajstić information content (AvgIpc) is 2.64. The Bertz CT molecular complexity index is 247. The summed E-state index contributed by atoms with van der Waals surface area (Å²) in [5.41, 5.74) is 5.75. The normalized spacial score (nSPS) is 34.4. The van der Waals surface area contributed by atoms with Crippen LogP contribution in [-0.2, 0) is 9.53 Å². The highest BCUT2D eigenvalue weighted by molar-refractivity contribution is 5.77. The van der Waals surface area contributed by atoms with Gasteiger partial charge in [0.15, 0.2) is 0 Å². The first kappa shape index (κ1) is 10.9. The second-order valence-corrected chi connectivity index (χ2v) is 4.36. The van der Waals surface area contributed by atoms with Crippen LogP contribution in [0.3, 0.4) is 0 Å². The van der Waals surface area contributed by atoms with Gasteiger partial charge in [-0.15, -0.1) is 0 Å². The molecule has 2 aliphatic heterocycles. The predicted octanol–water partition coefficient (Wildman–Crippen LogP) is -1.12. The van der Waals surface area contributed by atoms with Crippen LogP contribution in [0.5, 0.6) is 0 Å². The van der Waals surface area contributed by atoms with E-state index in [4.69, 9.17) is 10.5 Å². The van der Waals surface area contributed by atoms with Crippen molar-refractivity contribution in [1.29, 1.82) is 0 Å². The van der Waals surface area contributed by atoms with Crippen molar-refractivity contribution >= 4 is 5.97 Å². The van der Waals surface area contributed by atoms with Crippen molar-refractivity contribution in [3.05, 3.63) is 0 Å². The summed E-state index contributed by atoms with van der Waals surface area (Å²) in [6.45, 7) is 4.03. The summed E-state index contributed by atoms with van der Waals surface area (Å²) in [6, 6.07) is 0.242. The topological polar surface area (TPSA) is 58.8 Å². The van der Waals surface area contributed by atoms with Gasteiger partial charge in [-0.3, -0.25) is 9.69 Å². The number of nitrogens with two attached hydrogens (primary N) is 1. The second kappa shape index (κ2) is 4.47. The Hall–Kier alpha value is -0.650. The molecule has 0 spiro atoms. The summed E-state index contributed by atoms with van der Waals surface area (Å²) in [7, 11) is 2.09. The molecule has 5 nitrogen and oxygen atoms in total. The van der Waals surface area contributed by atoms with E-state index in [0.717, 1.165) is 26.1 Å². The third-order valence-corrected chi connectivity index (χ3v) is 3.31. The molecule has 15 heavy (non-hydrogen) atoms. The smallest absolute Gasteiger partial charge is 0.323 e. The summed E-state index contributed by atoms with van der Waals surface area (Å²) >= 11 is 0. The van der Waals surface area contributed by atoms with Crippen molar-refractivity contribution in [2.24, 2.45) is 5.73 Å². The SMILES string of the molecule is CN1CCN(C2CCOC2=O)C(CN)C1. The van der Waals surface area contributed by atoms with Crippen LogP contribution in [0.2, 0.25) is 0 Å². The Labute approximate surface area is 90.1 Å². The number of cyclic esters (lactones) is 1. The fraction of sp³-hybridized carbons (Fsp3) is 0.900. The fourth-order valence-electron chi connectivity index (χ4n) is 2.43. The first-order valence-corrected chi connectivity index (χ1v) is 5.53. The Balaban J connectivity index is 2.03. The zero-order valence-electron chi connectivity index (χ0n) is 9.19. The summed E-state index contributed by atoms with van der Waals surface area (Å²) in [5.74, 6) is -0.0713. The van der Waals surface area contributed by atoms with Crippen LogP contribution in [0.25, 0.3) is 0 Å². The van der Waals surface area contributed by atoms with Gasteiger partial charge in [-0.1, -0.05) is 0 Å². The Morgan fingerprint density at radius 1 is 1.53 bits per heavy atom. The molecule has 0 aromatic carbocycles. The summed E-state index contributed by atoms with van der Waals surface area (Å²) in [5, 5.41) is 0. The average molecular weight is 213 g/mol. The molecule has 2 fully saturated rings. The maximum atomic E-state index is 11.5. The van der Waals surface area contributed by atoms with Gasteiger partial charge in [0, 0.05) is 38.6 Å². The van der Waals surface area contributed by atoms with E-state index in [0.29, 0.717) is 19.2 Å². The molecule has 2 heterocycles. The number of rotatable bonds is 2. The second-order valence-electron chi connectivity index (χ2n) is 4.36. The third kappa shape index (κ3) is 2.14. The van der Waals surface area contributed by atoms with Gasteiger partial charge in [0.05, 0.1) is 6.61 Å². The Morgan fingerprint density at radius 2 is 2.33 bits per heavy atom. The molecular weight excluding hydrogens is 194 g/mol. The maximum Gasteiger partial charge on any atom is 0.323 e. The minimum absolute atomic E-state index is 0.0488. The highest BCUT2D eigenvalue weighted by Gasteiger charge is 2.37. The van der Waals surface area contributed by atoms with Gasteiger partial charge >= 0.3 is 5.97 Å². The molecule has 0 aromatic rings. The maximum absolute atomic E-state index is 11.5. The predicted molar refractivity (Wildman–Crippen MR) is 56.4 cm³/mol. The van der Waals surface area contributed by atoms with E-state index in [1.807, 2.05) is 0 Å². The van der Waals surface area contributed by atoms with Gasteiger partial charge in [-0.25, -0.2) is 0 Å². The lowest BCUT2D eigenvalue weighted by atomic mass is 10.1. The van der Waals surface area contributed by atoms with Crippen molar-refractivity contribution < 1.29 is 9.53 Å². The molecule has 2 atom stereocenters. The highest BCUT2D eigenvalue weighted by atomic mass is 16.5. The van der Waals surface area contributed by atoms with E-state index in [1.54, 1.807) is 0 Å². The molecular formula is C10H19N3O2. The van der Waals surface area contributed by atoms with Crippen molar-refractivity contribution in [1.82, 2.24) is 9.80 Å². The van der Waals surface area contributed by atoms with Crippen LogP contribution in [0.1, 0.15) is 6.42 Å². The van der Waals surface area contributed by atoms with E-state index in [1.165, 1.54) is 0 Å². The minimum atomic E-state index is -0.0713. The van der Waals surface area contributed by atoms with Crippen molar-refractivity contribution in [2.75, 3.05) is 39.8 Å². The lowest BCUT2D eigenvalue weighted by Crippen LogP contribution is -2.59. The van der Waals surface area contributed by atoms with E-state index in [9.17, 15) is 4.79 Å². The molecule has 0 radical (unpaired) electrons. The Kier molecular flexibility index (Phi) is 3.23. The zero-order valence-corrected chi connectivity index (χ0v) is 9.19. The van der Waals surface area contributed by atoms with E-state index in [-0.39, 0.29) is 12.0 Å². The van der Waals surface area contributed by atoms with Crippen LogP contribution < -0.4 is 5.73 Å². The number of nitrogens with zero attached hydrogens (tertiary/aromatic N) is 2. The molecule has 2 saturated heterocycles. The van der Waals surface area contributed by atoms with Crippen LogP contribution in [-0.4, -0.2) is 67.7 Å². The summed E-state index contributed by atoms with van der Waals surface area (Å²) in [4.78, 5) is 16.0. The molecule has 0 aliphatic carbocycles. The van der Waals surface area contributed by atoms with Gasteiger partial charge < -0.3 is 15.4 Å². The molecule has 0 amide bonds. The Morgan fingerprint density at radius 3 is 2.93 bits per heavy atom. The minimum Gasteiger partial charge on any atom is -0.464 e. The number of hydrogen-bond donors (Lipinski definition) is 1. The van der Waals surface area contributed by atoms with Gasteiger partial charge in [-0.2, -0.15) is 0 Å². The molecule has 0 aromatic heterocycles. The number of likely N-dealkylation sites (N-methyl/N-ethyl adjacent to an activating group) is 1. The molecule has 0 saturated carbocycles. The third-order valence-electron chi connectivity index (χ3n) is 3.31. The van der Waals surface area contributed by atoms with Gasteiger partial charge in [-0.05, 0) is 7.05 Å². The zero-order chi connectivity index (χ0) is 10.8. The molecule has 86 valence electrons. The molecule has 2 aliphatic rings. The largest absolute Gasteiger partial charge is 0.464 e. The van der Waals surface area contributed by atoms with Crippen LogP contribution in [0, 0.1) is 0 Å². The summed E-state index contributed by atoms with van der Waals surface area (Å²) < 4.78 is 5.00. The van der Waals surface area contributed by atoms with Crippen LogP contribution in [0.15, 0.2) is 0 Å². The van der Waals surface area contributed by atoms with Crippen molar-refractivity contribution in [3.8, 4) is 0 Å². The standard InChI is InChI=1S/C10H19N3O2/c1-12-3-4-13(8(6-11)7-12)9-2-5-15-10(9)14/h8-9H,2-7,11H2,1H3. The lowest BCUT2D eigenvalue weighted by molar-refractivity contribution is -0.143. The number of carbonyl (C=O) groups is 1. The van der Waals surface area contributed by atoms with Crippen LogP contribution >= 0.6 is 0 Å². The molecule has 2 rings (SSSR count). The number of esters is 1. The lowest BCUT2D eigenvalue weighted by Gasteiger charge is -2.41. The molecule has 5 heteroatoms. The van der Waals surface area contributed by atoms with Crippen LogP contribution in [0.4, 0.5) is 0 Å². The van der Waals surface area contributed by atoms with E-state index >= 15 is 0 Å². The number of ether oxygens (including phenoxy) is 1. The van der Waals surface area contributed by atoms with E-state index in [2.05, 4.69) is 16.8 Å². The van der Waals surface area contributed by atoms with Gasteiger partial charge in [0.25, 0.3) is 0 Å². The first-order chi connectivity index (χ1) is 7.22. The number of hydrogen-bond acceptors (Lipinski definition) is 5. The van der Waals surface area contributed by atoms with Crippen molar-refractivity contribution in [2.45, 2.75) is 18.5 Å². The first-order valence-electron chi connectivity index (χ1n) is 5.53. The summed E-state index contributed by atoms with van der Waals surface area (Å²) in [6.07, 6.45) is 0.818. The molecule has 2 unspecified atom stereocenters. The van der Waals surface area contributed by atoms with Gasteiger partial charge in [0.1, 0.15) is 6.04 Å². The quantitative estimate of drug-likeness (QED) is 0.589. The monoisotopic (exact) mass is 213 g/mol. The van der Waals surface area contributed by atoms with E-state index < -0.39 is 0 Å². The number of piperazine rings is 1. The number of carbonyl (C=O) groups excluding carboxylic acids is 1. The molecule has 2 N–H and O–H groups in total. The highest BCUT2D eigenvalue weighted by Crippen LogP contribution is 2.19. The molecule has 0 bridgehead atoms.